The Morgan fingerprint density at radius 3 is 1.97 bits per heavy atom. The summed E-state index contributed by atoms with van der Waals surface area (Å²) in [7, 11) is 1.61. The first-order chi connectivity index (χ1) is 16.0. The molecule has 4 nitrogen and oxygen atoms in total. The largest absolute Gasteiger partial charge is 0.497 e. The molecular weight excluding hydrogens is 410 g/mol. The Hall–Kier alpha value is -3.40. The molecular formula is C29H27NO3. The molecule has 0 unspecified atom stereocenters. The van der Waals surface area contributed by atoms with E-state index in [9.17, 15) is 9.59 Å². The number of carbonyl (C=O) groups excluding carboxylic acids is 2. The van der Waals surface area contributed by atoms with E-state index >= 15 is 0 Å². The van der Waals surface area contributed by atoms with Gasteiger partial charge >= 0.3 is 0 Å². The molecule has 0 radical (unpaired) electrons. The van der Waals surface area contributed by atoms with Crippen molar-refractivity contribution in [2.45, 2.75) is 38.0 Å². The van der Waals surface area contributed by atoms with E-state index < -0.39 is 0 Å². The van der Waals surface area contributed by atoms with Gasteiger partial charge < -0.3 is 4.74 Å². The van der Waals surface area contributed by atoms with E-state index in [0.717, 1.165) is 6.42 Å². The number of imide groups is 1. The number of nitrogens with zero attached hydrogens (tertiary/aromatic N) is 1. The van der Waals surface area contributed by atoms with Gasteiger partial charge in [0.05, 0.1) is 24.6 Å². The van der Waals surface area contributed by atoms with Crippen molar-refractivity contribution in [3.63, 3.8) is 0 Å². The second-order valence-corrected chi connectivity index (χ2v) is 9.54. The van der Waals surface area contributed by atoms with Crippen molar-refractivity contribution in [3.05, 3.63) is 94.5 Å². The fraction of sp³-hybridized carbons (Fsp3) is 0.310. The minimum absolute atomic E-state index is 0.0840. The molecule has 0 saturated carbocycles. The van der Waals surface area contributed by atoms with Gasteiger partial charge in [0.2, 0.25) is 11.8 Å². The quantitative estimate of drug-likeness (QED) is 0.499. The van der Waals surface area contributed by atoms with Crippen LogP contribution in [0.25, 0.3) is 0 Å². The number of amides is 2. The molecule has 3 aromatic rings. The van der Waals surface area contributed by atoms with Gasteiger partial charge in [-0.05, 0) is 64.4 Å². The smallest absolute Gasteiger partial charge is 0.238 e. The van der Waals surface area contributed by atoms with Gasteiger partial charge in [-0.2, -0.15) is 0 Å². The Labute approximate surface area is 194 Å². The van der Waals surface area contributed by atoms with Crippen LogP contribution >= 0.6 is 0 Å². The number of ether oxygens (including phenoxy) is 1. The number of anilines is 1. The van der Waals surface area contributed by atoms with Crippen LogP contribution in [0.4, 0.5) is 5.69 Å². The van der Waals surface area contributed by atoms with Crippen molar-refractivity contribution in [2.75, 3.05) is 12.0 Å². The van der Waals surface area contributed by atoms with E-state index in [4.69, 9.17) is 4.74 Å². The maximum absolute atomic E-state index is 13.9. The zero-order valence-corrected chi connectivity index (χ0v) is 19.1. The van der Waals surface area contributed by atoms with Gasteiger partial charge in [-0.1, -0.05) is 56.3 Å². The van der Waals surface area contributed by atoms with Crippen molar-refractivity contribution < 1.29 is 14.3 Å². The molecule has 0 spiro atoms. The van der Waals surface area contributed by atoms with Crippen molar-refractivity contribution in [1.29, 1.82) is 0 Å². The van der Waals surface area contributed by atoms with Crippen LogP contribution in [0.2, 0.25) is 0 Å². The van der Waals surface area contributed by atoms with E-state index in [0.29, 0.717) is 17.4 Å². The highest BCUT2D eigenvalue weighted by atomic mass is 16.5. The first-order valence-corrected chi connectivity index (χ1v) is 11.8. The first-order valence-electron chi connectivity index (χ1n) is 11.8. The molecule has 1 heterocycles. The molecule has 33 heavy (non-hydrogen) atoms. The van der Waals surface area contributed by atoms with Gasteiger partial charge in [-0.25, -0.2) is 4.90 Å². The Morgan fingerprint density at radius 1 is 0.818 bits per heavy atom. The van der Waals surface area contributed by atoms with Gasteiger partial charge in [0.15, 0.2) is 0 Å². The summed E-state index contributed by atoms with van der Waals surface area (Å²) in [5.41, 5.74) is 6.77. The minimum Gasteiger partial charge on any atom is -0.497 e. The molecule has 1 aliphatic heterocycles. The number of hydrogen-bond acceptors (Lipinski definition) is 3. The number of hydrogen-bond donors (Lipinski definition) is 0. The molecule has 3 aliphatic carbocycles. The molecule has 2 amide bonds. The first kappa shape index (κ1) is 20.2. The van der Waals surface area contributed by atoms with E-state index in [1.165, 1.54) is 32.7 Å². The molecule has 5 atom stereocenters. The normalized spacial score (nSPS) is 25.5. The SMILES string of the molecule is CC[C@@H](C)c1ccc2c(c1)[C@@H]1c3ccccc3[C@@H]2[C@@H]2C(=O)N(c3ccc(OC)cc3)C(=O)[C@H]12. The van der Waals surface area contributed by atoms with Crippen LogP contribution in [-0.2, 0) is 9.59 Å². The summed E-state index contributed by atoms with van der Waals surface area (Å²) in [6, 6.07) is 22.3. The van der Waals surface area contributed by atoms with Crippen molar-refractivity contribution in [1.82, 2.24) is 0 Å². The fourth-order valence-electron chi connectivity index (χ4n) is 6.27. The molecule has 0 N–H and O–H groups in total. The Kier molecular flexibility index (Phi) is 4.48. The molecule has 166 valence electrons. The molecule has 7 rings (SSSR count). The second kappa shape index (κ2) is 7.31. The van der Waals surface area contributed by atoms with E-state index in [1.54, 1.807) is 31.4 Å². The average molecular weight is 438 g/mol. The molecule has 4 aliphatic rings. The van der Waals surface area contributed by atoms with Gasteiger partial charge in [0, 0.05) is 11.8 Å². The van der Waals surface area contributed by atoms with Crippen LogP contribution in [0.3, 0.4) is 0 Å². The highest BCUT2D eigenvalue weighted by Crippen LogP contribution is 2.61. The van der Waals surface area contributed by atoms with Gasteiger partial charge in [0.25, 0.3) is 0 Å². The minimum atomic E-state index is -0.362. The van der Waals surface area contributed by atoms with Crippen molar-refractivity contribution in [3.8, 4) is 5.75 Å². The summed E-state index contributed by atoms with van der Waals surface area (Å²) in [4.78, 5) is 29.1. The number of carbonyl (C=O) groups is 2. The third kappa shape index (κ3) is 2.70. The van der Waals surface area contributed by atoms with Crippen LogP contribution in [0.5, 0.6) is 5.75 Å². The zero-order chi connectivity index (χ0) is 22.9. The van der Waals surface area contributed by atoms with Crippen LogP contribution in [0.1, 0.15) is 65.8 Å². The standard InChI is InChI=1S/C29H27NO3/c1-4-16(2)17-9-14-22-23(15-17)25-21-8-6-5-7-20(21)24(22)26-27(25)29(32)30(28(26)31)18-10-12-19(33-3)13-11-18/h5-16,24-27H,4H2,1-3H3/t16-,24+,25+,26+,27-/m1/s1. The maximum Gasteiger partial charge on any atom is 0.238 e. The summed E-state index contributed by atoms with van der Waals surface area (Å²) in [6.45, 7) is 4.45. The molecule has 1 saturated heterocycles. The highest BCUT2D eigenvalue weighted by molar-refractivity contribution is 6.23. The molecule has 0 aromatic heterocycles. The molecule has 1 fully saturated rings. The van der Waals surface area contributed by atoms with Crippen LogP contribution < -0.4 is 9.64 Å². The maximum atomic E-state index is 13.9. The lowest BCUT2D eigenvalue weighted by atomic mass is 9.54. The van der Waals surface area contributed by atoms with Crippen molar-refractivity contribution in [2.24, 2.45) is 11.8 Å². The predicted octanol–water partition coefficient (Wildman–Crippen LogP) is 5.61. The van der Waals surface area contributed by atoms with Crippen molar-refractivity contribution >= 4 is 17.5 Å². The summed E-state index contributed by atoms with van der Waals surface area (Å²) in [5, 5.41) is 0. The summed E-state index contributed by atoms with van der Waals surface area (Å²) in [6.07, 6.45) is 1.07. The van der Waals surface area contributed by atoms with Gasteiger partial charge in [0.1, 0.15) is 5.75 Å². The molecule has 4 heteroatoms. The molecule has 2 bridgehead atoms. The average Bonchev–Trinajstić information content (AvgIpc) is 3.13. The van der Waals surface area contributed by atoms with Crippen LogP contribution in [0.15, 0.2) is 66.7 Å². The second-order valence-electron chi connectivity index (χ2n) is 9.54. The summed E-state index contributed by atoms with van der Waals surface area (Å²) in [5.74, 6) is 0.0919. The fourth-order valence-corrected chi connectivity index (χ4v) is 6.27. The van der Waals surface area contributed by atoms with Crippen LogP contribution in [-0.4, -0.2) is 18.9 Å². The molecule has 3 aromatic carbocycles. The number of benzene rings is 3. The third-order valence-corrected chi connectivity index (χ3v) is 8.08. The van der Waals surface area contributed by atoms with E-state index in [1.807, 2.05) is 6.07 Å². The lowest BCUT2D eigenvalue weighted by Crippen LogP contribution is -2.41. The highest BCUT2D eigenvalue weighted by Gasteiger charge is 2.61. The van der Waals surface area contributed by atoms with Gasteiger partial charge in [-0.15, -0.1) is 0 Å². The zero-order valence-electron chi connectivity index (χ0n) is 19.1. The third-order valence-electron chi connectivity index (χ3n) is 8.08. The summed E-state index contributed by atoms with van der Waals surface area (Å²) < 4.78 is 5.26. The monoisotopic (exact) mass is 437 g/mol. The topological polar surface area (TPSA) is 46.6 Å². The van der Waals surface area contributed by atoms with E-state index in [2.05, 4.69) is 50.2 Å². The number of rotatable bonds is 4. The number of methoxy groups -OCH3 is 1. The van der Waals surface area contributed by atoms with Crippen LogP contribution in [0, 0.1) is 11.8 Å². The van der Waals surface area contributed by atoms with Gasteiger partial charge in [-0.3, -0.25) is 9.59 Å². The lowest BCUT2D eigenvalue weighted by molar-refractivity contribution is -0.122. The Morgan fingerprint density at radius 2 is 1.39 bits per heavy atom. The Balaban J connectivity index is 1.51. The van der Waals surface area contributed by atoms with E-state index in [-0.39, 0.29) is 35.5 Å². The Bertz CT molecular complexity index is 1280. The summed E-state index contributed by atoms with van der Waals surface area (Å²) >= 11 is 0. The predicted molar refractivity (Wildman–Crippen MR) is 128 cm³/mol. The lowest BCUT2D eigenvalue weighted by Gasteiger charge is -2.46.